The van der Waals surface area contributed by atoms with Crippen molar-refractivity contribution in [3.05, 3.63) is 58.9 Å². The molecule has 2 aromatic rings. The molecule has 0 atom stereocenters. The highest BCUT2D eigenvalue weighted by molar-refractivity contribution is 7.94. The number of anilines is 2. The predicted molar refractivity (Wildman–Crippen MR) is 121 cm³/mol. The number of amides is 2. The smallest absolute Gasteiger partial charge is 0.255 e. The summed E-state index contributed by atoms with van der Waals surface area (Å²) in [7, 11) is -3.85. The van der Waals surface area contributed by atoms with E-state index >= 15 is 0 Å². The van der Waals surface area contributed by atoms with Gasteiger partial charge in [-0.05, 0) is 44.2 Å². The molecule has 2 amide bonds. The summed E-state index contributed by atoms with van der Waals surface area (Å²) in [5.74, 6) is -1.53. The molecule has 10 heteroatoms. The fraction of sp³-hybridized carbons (Fsp3) is 0.364. The van der Waals surface area contributed by atoms with Crippen LogP contribution in [0.4, 0.5) is 15.8 Å². The molecule has 7 nitrogen and oxygen atoms in total. The van der Waals surface area contributed by atoms with Crippen molar-refractivity contribution in [1.82, 2.24) is 4.90 Å². The lowest BCUT2D eigenvalue weighted by molar-refractivity contribution is -0.123. The molecule has 2 aliphatic heterocycles. The average Bonchev–Trinajstić information content (AvgIpc) is 2.91. The Morgan fingerprint density at radius 3 is 2.31 bits per heavy atom. The molecule has 0 aliphatic carbocycles. The first-order valence-electron chi connectivity index (χ1n) is 10.2. The van der Waals surface area contributed by atoms with Gasteiger partial charge in [0, 0.05) is 26.2 Å². The summed E-state index contributed by atoms with van der Waals surface area (Å²) in [6.45, 7) is 4.73. The fourth-order valence-electron chi connectivity index (χ4n) is 4.09. The van der Waals surface area contributed by atoms with Gasteiger partial charge in [0.1, 0.15) is 5.82 Å². The highest BCUT2D eigenvalue weighted by atomic mass is 35.5. The minimum atomic E-state index is -3.85. The third-order valence-corrected chi connectivity index (χ3v) is 8.11. The zero-order chi connectivity index (χ0) is 23.3. The van der Waals surface area contributed by atoms with Crippen LogP contribution < -0.4 is 9.21 Å². The highest BCUT2D eigenvalue weighted by Gasteiger charge is 2.50. The van der Waals surface area contributed by atoms with Crippen LogP contribution in [0.5, 0.6) is 0 Å². The van der Waals surface area contributed by atoms with Gasteiger partial charge in [-0.2, -0.15) is 0 Å². The van der Waals surface area contributed by atoms with Crippen LogP contribution in [-0.4, -0.2) is 57.1 Å². The number of benzene rings is 2. The Labute approximate surface area is 191 Å². The Morgan fingerprint density at radius 2 is 1.72 bits per heavy atom. The first kappa shape index (κ1) is 22.5. The van der Waals surface area contributed by atoms with E-state index in [1.807, 2.05) is 4.90 Å². The van der Waals surface area contributed by atoms with E-state index in [1.165, 1.54) is 24.3 Å². The van der Waals surface area contributed by atoms with Crippen LogP contribution in [0.25, 0.3) is 0 Å². The SMILES string of the molecule is CC1(C)CS(=O)(=O)N(c2ccc(Cl)c(C(=O)N3CCN(c4ccccc4F)CC3)c2)C1=O. The maximum atomic E-state index is 14.1. The van der Waals surface area contributed by atoms with E-state index in [0.29, 0.717) is 31.9 Å². The van der Waals surface area contributed by atoms with E-state index in [4.69, 9.17) is 11.6 Å². The normalized spacial score (nSPS) is 20.0. The number of carbonyl (C=O) groups excluding carboxylic acids is 2. The van der Waals surface area contributed by atoms with Crippen molar-refractivity contribution < 1.29 is 22.4 Å². The molecule has 2 saturated heterocycles. The van der Waals surface area contributed by atoms with Gasteiger partial charge in [-0.15, -0.1) is 0 Å². The molecular formula is C22H23ClFN3O4S. The summed E-state index contributed by atoms with van der Waals surface area (Å²) in [4.78, 5) is 29.3. The van der Waals surface area contributed by atoms with Crippen molar-refractivity contribution in [2.75, 3.05) is 41.1 Å². The Balaban J connectivity index is 1.56. The Bertz CT molecular complexity index is 1190. The summed E-state index contributed by atoms with van der Waals surface area (Å²) in [5, 5.41) is 0.165. The minimum Gasteiger partial charge on any atom is -0.366 e. The molecule has 0 saturated carbocycles. The molecule has 0 N–H and O–H groups in total. The van der Waals surface area contributed by atoms with Crippen molar-refractivity contribution >= 4 is 44.8 Å². The van der Waals surface area contributed by atoms with Crippen LogP contribution in [0.3, 0.4) is 0 Å². The molecule has 0 unspecified atom stereocenters. The number of para-hydroxylation sites is 1. The van der Waals surface area contributed by atoms with E-state index in [9.17, 15) is 22.4 Å². The van der Waals surface area contributed by atoms with Crippen molar-refractivity contribution in [2.45, 2.75) is 13.8 Å². The van der Waals surface area contributed by atoms with Gasteiger partial charge >= 0.3 is 0 Å². The van der Waals surface area contributed by atoms with Crippen LogP contribution in [0, 0.1) is 11.2 Å². The van der Waals surface area contributed by atoms with Gasteiger partial charge in [0.05, 0.1) is 33.1 Å². The van der Waals surface area contributed by atoms with Crippen molar-refractivity contribution in [2.24, 2.45) is 5.41 Å². The summed E-state index contributed by atoms with van der Waals surface area (Å²) in [6, 6.07) is 10.7. The molecule has 0 aromatic heterocycles. The topological polar surface area (TPSA) is 78.0 Å². The van der Waals surface area contributed by atoms with Gasteiger partial charge in [0.2, 0.25) is 15.9 Å². The van der Waals surface area contributed by atoms with Gasteiger partial charge in [-0.1, -0.05) is 23.7 Å². The first-order chi connectivity index (χ1) is 15.0. The van der Waals surface area contributed by atoms with Crippen molar-refractivity contribution in [1.29, 1.82) is 0 Å². The van der Waals surface area contributed by atoms with Gasteiger partial charge in [0.15, 0.2) is 0 Å². The molecular weight excluding hydrogens is 457 g/mol. The average molecular weight is 480 g/mol. The second kappa shape index (κ2) is 8.04. The maximum Gasteiger partial charge on any atom is 0.255 e. The van der Waals surface area contributed by atoms with Crippen LogP contribution in [0.1, 0.15) is 24.2 Å². The molecule has 2 fully saturated rings. The second-order valence-electron chi connectivity index (χ2n) is 8.60. The number of nitrogens with zero attached hydrogens (tertiary/aromatic N) is 3. The molecule has 0 radical (unpaired) electrons. The lowest BCUT2D eigenvalue weighted by Crippen LogP contribution is -2.49. The quantitative estimate of drug-likeness (QED) is 0.675. The van der Waals surface area contributed by atoms with Gasteiger partial charge in [-0.3, -0.25) is 9.59 Å². The maximum absolute atomic E-state index is 14.1. The van der Waals surface area contributed by atoms with Gasteiger partial charge < -0.3 is 9.80 Å². The number of rotatable bonds is 3. The van der Waals surface area contributed by atoms with E-state index in [2.05, 4.69) is 0 Å². The number of carbonyl (C=O) groups is 2. The molecule has 2 aliphatic rings. The summed E-state index contributed by atoms with van der Waals surface area (Å²) < 4.78 is 40.0. The van der Waals surface area contributed by atoms with Crippen LogP contribution in [-0.2, 0) is 14.8 Å². The van der Waals surface area contributed by atoms with Gasteiger partial charge in [-0.25, -0.2) is 17.1 Å². The predicted octanol–water partition coefficient (Wildman–Crippen LogP) is 3.14. The molecule has 2 aromatic carbocycles. The summed E-state index contributed by atoms with van der Waals surface area (Å²) in [6.07, 6.45) is 0. The Morgan fingerprint density at radius 1 is 1.06 bits per heavy atom. The number of sulfonamides is 1. The van der Waals surface area contributed by atoms with Gasteiger partial charge in [0.25, 0.3) is 5.91 Å². The third kappa shape index (κ3) is 3.95. The second-order valence-corrected chi connectivity index (χ2v) is 10.8. The molecule has 32 heavy (non-hydrogen) atoms. The highest BCUT2D eigenvalue weighted by Crippen LogP contribution is 2.37. The Hall–Kier alpha value is -2.65. The standard InChI is InChI=1S/C22H23ClFN3O4S/c1-22(2)14-32(30,31)27(21(22)29)15-7-8-17(23)16(13-15)20(28)26-11-9-25(10-12-26)19-6-4-3-5-18(19)24/h3-8,13H,9-12,14H2,1-2H3. The lowest BCUT2D eigenvalue weighted by Gasteiger charge is -2.36. The monoisotopic (exact) mass is 479 g/mol. The van der Waals surface area contributed by atoms with E-state index < -0.39 is 21.3 Å². The largest absolute Gasteiger partial charge is 0.366 e. The third-order valence-electron chi connectivity index (χ3n) is 5.76. The zero-order valence-electron chi connectivity index (χ0n) is 17.7. The van der Waals surface area contributed by atoms with E-state index in [0.717, 1.165) is 4.31 Å². The molecule has 2 heterocycles. The summed E-state index contributed by atoms with van der Waals surface area (Å²) >= 11 is 6.27. The van der Waals surface area contributed by atoms with Crippen LogP contribution >= 0.6 is 11.6 Å². The molecule has 0 bridgehead atoms. The van der Waals surface area contributed by atoms with Crippen molar-refractivity contribution in [3.63, 3.8) is 0 Å². The zero-order valence-corrected chi connectivity index (χ0v) is 19.3. The molecule has 170 valence electrons. The number of piperazine rings is 1. The number of hydrogen-bond donors (Lipinski definition) is 0. The molecule has 0 spiro atoms. The van der Waals surface area contributed by atoms with Crippen LogP contribution in [0.15, 0.2) is 42.5 Å². The first-order valence-corrected chi connectivity index (χ1v) is 12.2. The van der Waals surface area contributed by atoms with E-state index in [-0.39, 0.29) is 33.8 Å². The summed E-state index contributed by atoms with van der Waals surface area (Å²) in [5.41, 5.74) is -0.347. The lowest BCUT2D eigenvalue weighted by atomic mass is 9.95. The molecule has 4 rings (SSSR count). The number of hydrogen-bond acceptors (Lipinski definition) is 5. The van der Waals surface area contributed by atoms with Crippen LogP contribution in [0.2, 0.25) is 5.02 Å². The van der Waals surface area contributed by atoms with Crippen molar-refractivity contribution in [3.8, 4) is 0 Å². The Kier molecular flexibility index (Phi) is 5.67. The fourth-order valence-corrected chi connectivity index (χ4v) is 6.39. The van der Waals surface area contributed by atoms with E-state index in [1.54, 1.807) is 36.9 Å². The number of halogens is 2. The minimum absolute atomic E-state index is 0.0957.